The molecule has 1 heterocycles. The number of unbranched alkanes of at least 4 members (excludes halogenated alkanes) is 2. The summed E-state index contributed by atoms with van der Waals surface area (Å²) in [5, 5.41) is 9.05. The highest BCUT2D eigenvalue weighted by Gasteiger charge is 2.02. The van der Waals surface area contributed by atoms with Gasteiger partial charge in [0.15, 0.2) is 5.75 Å². The van der Waals surface area contributed by atoms with E-state index in [-0.39, 0.29) is 5.75 Å². The molecule has 1 aromatic heterocycles. The molecule has 6 nitrogen and oxygen atoms in total. The van der Waals surface area contributed by atoms with Crippen molar-refractivity contribution >= 4 is 10.0 Å². The monoisotopic (exact) mass is 275 g/mol. The molecule has 0 radical (unpaired) electrons. The van der Waals surface area contributed by atoms with Crippen molar-refractivity contribution in [1.29, 1.82) is 0 Å². The Morgan fingerprint density at radius 1 is 1.39 bits per heavy atom. The van der Waals surface area contributed by atoms with E-state index in [1.165, 1.54) is 0 Å². The smallest absolute Gasteiger partial charge is 0.209 e. The molecule has 0 aliphatic rings. The van der Waals surface area contributed by atoms with Crippen molar-refractivity contribution in [1.82, 2.24) is 9.78 Å². The van der Waals surface area contributed by atoms with Crippen LogP contribution in [0.5, 0.6) is 5.75 Å². The number of sulfonamides is 1. The van der Waals surface area contributed by atoms with E-state index in [9.17, 15) is 8.42 Å². The first-order valence-electron chi connectivity index (χ1n) is 6.17. The molecule has 0 saturated heterocycles. The number of ether oxygens (including phenoxy) is 1. The lowest BCUT2D eigenvalue weighted by Gasteiger charge is -2.03. The summed E-state index contributed by atoms with van der Waals surface area (Å²) >= 11 is 0. The molecule has 0 unspecified atom stereocenters. The minimum Gasteiger partial charge on any atom is -0.490 e. The third-order valence-corrected chi connectivity index (χ3v) is 3.26. The molecule has 0 atom stereocenters. The Labute approximate surface area is 108 Å². The molecule has 0 aromatic carbocycles. The van der Waals surface area contributed by atoms with Gasteiger partial charge >= 0.3 is 0 Å². The summed E-state index contributed by atoms with van der Waals surface area (Å²) in [6.07, 6.45) is 6.79. The summed E-state index contributed by atoms with van der Waals surface area (Å²) in [4.78, 5) is 0. The van der Waals surface area contributed by atoms with Gasteiger partial charge in [-0.2, -0.15) is 5.10 Å². The van der Waals surface area contributed by atoms with Gasteiger partial charge in [-0.1, -0.05) is 6.92 Å². The van der Waals surface area contributed by atoms with Gasteiger partial charge in [0.25, 0.3) is 0 Å². The molecule has 0 aliphatic heterocycles. The first kappa shape index (κ1) is 15.0. The number of primary sulfonamides is 1. The molecule has 1 aromatic rings. The Balaban J connectivity index is 2.10. The van der Waals surface area contributed by atoms with Crippen LogP contribution in [0.15, 0.2) is 12.4 Å². The summed E-state index contributed by atoms with van der Waals surface area (Å²) in [5.74, 6) is 0.802. The summed E-state index contributed by atoms with van der Waals surface area (Å²) in [5.41, 5.74) is 0. The average Bonchev–Trinajstić information content (AvgIpc) is 2.70. The van der Waals surface area contributed by atoms with Crippen LogP contribution in [0, 0.1) is 0 Å². The van der Waals surface area contributed by atoms with Gasteiger partial charge in [0, 0.05) is 6.54 Å². The highest BCUT2D eigenvalue weighted by Crippen LogP contribution is 2.09. The molecular weight excluding hydrogens is 254 g/mol. The number of nitrogens with zero attached hydrogens (tertiary/aromatic N) is 2. The summed E-state index contributed by atoms with van der Waals surface area (Å²) < 4.78 is 28.7. The number of rotatable bonds is 9. The lowest BCUT2D eigenvalue weighted by atomic mass is 10.3. The third-order valence-electron chi connectivity index (χ3n) is 2.40. The van der Waals surface area contributed by atoms with Crippen molar-refractivity contribution in [3.63, 3.8) is 0 Å². The van der Waals surface area contributed by atoms with Crippen molar-refractivity contribution in [2.45, 2.75) is 39.2 Å². The molecule has 0 spiro atoms. The van der Waals surface area contributed by atoms with E-state index < -0.39 is 10.0 Å². The molecule has 1 rings (SSSR count). The topological polar surface area (TPSA) is 87.2 Å². The van der Waals surface area contributed by atoms with Crippen molar-refractivity contribution in [2.75, 3.05) is 12.4 Å². The zero-order chi connectivity index (χ0) is 13.4. The first-order valence-corrected chi connectivity index (χ1v) is 7.88. The van der Waals surface area contributed by atoms with Crippen LogP contribution < -0.4 is 9.88 Å². The Kier molecular flexibility index (Phi) is 6.14. The fraction of sp³-hybridized carbons (Fsp3) is 0.727. The number of nitrogens with two attached hydrogens (primary N) is 1. The van der Waals surface area contributed by atoms with Gasteiger partial charge in [-0.25, -0.2) is 13.6 Å². The fourth-order valence-corrected chi connectivity index (χ4v) is 2.15. The summed E-state index contributed by atoms with van der Waals surface area (Å²) in [7, 11) is -3.32. The molecule has 0 saturated carbocycles. The summed E-state index contributed by atoms with van der Waals surface area (Å²) in [6, 6.07) is 0. The maximum atomic E-state index is 10.7. The van der Waals surface area contributed by atoms with Crippen LogP contribution in [-0.2, 0) is 16.6 Å². The number of hydrogen-bond donors (Lipinski definition) is 1. The van der Waals surface area contributed by atoms with Crippen LogP contribution in [-0.4, -0.2) is 30.6 Å². The largest absolute Gasteiger partial charge is 0.490 e. The molecule has 0 amide bonds. The van der Waals surface area contributed by atoms with Crippen LogP contribution in [0.1, 0.15) is 32.6 Å². The second-order valence-corrected chi connectivity index (χ2v) is 5.95. The van der Waals surface area contributed by atoms with Crippen LogP contribution >= 0.6 is 0 Å². The lowest BCUT2D eigenvalue weighted by Crippen LogP contribution is -2.16. The zero-order valence-electron chi connectivity index (χ0n) is 10.7. The SMILES string of the molecule is CCCn1cc(OCCCCCS(N)(=O)=O)cn1. The lowest BCUT2D eigenvalue weighted by molar-refractivity contribution is 0.306. The number of aromatic nitrogens is 2. The van der Waals surface area contributed by atoms with E-state index in [1.807, 2.05) is 10.9 Å². The zero-order valence-corrected chi connectivity index (χ0v) is 11.5. The highest BCUT2D eigenvalue weighted by molar-refractivity contribution is 7.89. The van der Waals surface area contributed by atoms with E-state index in [0.29, 0.717) is 13.0 Å². The molecule has 0 fully saturated rings. The van der Waals surface area contributed by atoms with E-state index in [0.717, 1.165) is 31.6 Å². The average molecular weight is 275 g/mol. The highest BCUT2D eigenvalue weighted by atomic mass is 32.2. The van der Waals surface area contributed by atoms with E-state index in [4.69, 9.17) is 9.88 Å². The molecule has 18 heavy (non-hydrogen) atoms. The van der Waals surface area contributed by atoms with Gasteiger partial charge < -0.3 is 4.74 Å². The molecule has 0 aliphatic carbocycles. The van der Waals surface area contributed by atoms with Crippen LogP contribution in [0.2, 0.25) is 0 Å². The van der Waals surface area contributed by atoms with Gasteiger partial charge in [-0.3, -0.25) is 4.68 Å². The Morgan fingerprint density at radius 2 is 2.17 bits per heavy atom. The van der Waals surface area contributed by atoms with E-state index in [1.54, 1.807) is 6.20 Å². The van der Waals surface area contributed by atoms with Crippen molar-refractivity contribution in [3.8, 4) is 5.75 Å². The Hall–Kier alpha value is -1.08. The first-order chi connectivity index (χ1) is 8.51. The predicted molar refractivity (Wildman–Crippen MR) is 69.8 cm³/mol. The minimum absolute atomic E-state index is 0.0431. The van der Waals surface area contributed by atoms with Gasteiger partial charge in [-0.05, 0) is 25.7 Å². The molecular formula is C11H21N3O3S. The number of aryl methyl sites for hydroxylation is 1. The van der Waals surface area contributed by atoms with E-state index >= 15 is 0 Å². The Bertz CT molecular complexity index is 442. The summed E-state index contributed by atoms with van der Waals surface area (Å²) in [6.45, 7) is 3.55. The van der Waals surface area contributed by atoms with Crippen molar-refractivity contribution < 1.29 is 13.2 Å². The molecule has 0 bridgehead atoms. The van der Waals surface area contributed by atoms with Crippen molar-refractivity contribution in [2.24, 2.45) is 5.14 Å². The van der Waals surface area contributed by atoms with Crippen LogP contribution in [0.25, 0.3) is 0 Å². The Morgan fingerprint density at radius 3 is 2.83 bits per heavy atom. The fourth-order valence-electron chi connectivity index (χ4n) is 1.54. The van der Waals surface area contributed by atoms with Crippen LogP contribution in [0.3, 0.4) is 0 Å². The minimum atomic E-state index is -3.32. The molecule has 7 heteroatoms. The second-order valence-electron chi connectivity index (χ2n) is 4.22. The molecule has 2 N–H and O–H groups in total. The van der Waals surface area contributed by atoms with Gasteiger partial charge in [-0.15, -0.1) is 0 Å². The van der Waals surface area contributed by atoms with Crippen LogP contribution in [0.4, 0.5) is 0 Å². The van der Waals surface area contributed by atoms with E-state index in [2.05, 4.69) is 12.0 Å². The quantitative estimate of drug-likeness (QED) is 0.684. The van der Waals surface area contributed by atoms with Gasteiger partial charge in [0.05, 0.1) is 24.8 Å². The normalized spacial score (nSPS) is 11.7. The third kappa shape index (κ3) is 6.61. The number of hydrogen-bond acceptors (Lipinski definition) is 4. The molecule has 104 valence electrons. The second kappa shape index (κ2) is 7.38. The van der Waals surface area contributed by atoms with Gasteiger partial charge in [0.1, 0.15) is 0 Å². The maximum absolute atomic E-state index is 10.7. The van der Waals surface area contributed by atoms with Crippen molar-refractivity contribution in [3.05, 3.63) is 12.4 Å². The standard InChI is InChI=1S/C11H21N3O3S/c1-2-6-14-10-11(9-13-14)17-7-4-3-5-8-18(12,15)16/h9-10H,2-8H2,1H3,(H2,12,15,16). The van der Waals surface area contributed by atoms with Gasteiger partial charge in [0.2, 0.25) is 10.0 Å². The maximum Gasteiger partial charge on any atom is 0.209 e. The predicted octanol–water partition coefficient (Wildman–Crippen LogP) is 1.13.